The minimum atomic E-state index is 0.307. The van der Waals surface area contributed by atoms with Gasteiger partial charge in [-0.1, -0.05) is 60.7 Å². The first kappa shape index (κ1) is 9.61. The van der Waals surface area contributed by atoms with Gasteiger partial charge in [-0.25, -0.2) is 0 Å². The Balaban J connectivity index is 1.65. The molecule has 1 aliphatic heterocycles. The predicted molar refractivity (Wildman–Crippen MR) is 64.2 cm³/mol. The topological polar surface area (TPSA) is 12.5 Å². The number of hydrogen-bond acceptors (Lipinski definition) is 1. The van der Waals surface area contributed by atoms with E-state index in [1.54, 1.807) is 0 Å². The molecule has 0 amide bonds. The standard InChI is InChI=1S/C15H14O/c1-3-7-12(8-4-1)11-14-15(16-14)13-9-5-2-6-10-13/h1-10,14-15H,11H2. The van der Waals surface area contributed by atoms with E-state index in [0.717, 1.165) is 6.42 Å². The Kier molecular flexibility index (Phi) is 2.47. The van der Waals surface area contributed by atoms with Crippen LogP contribution in [0.5, 0.6) is 0 Å². The number of hydrogen-bond donors (Lipinski definition) is 0. The molecule has 2 atom stereocenters. The summed E-state index contributed by atoms with van der Waals surface area (Å²) in [6.07, 6.45) is 1.69. The van der Waals surface area contributed by atoms with Crippen molar-refractivity contribution in [1.82, 2.24) is 0 Å². The van der Waals surface area contributed by atoms with E-state index < -0.39 is 0 Å². The lowest BCUT2D eigenvalue weighted by Gasteiger charge is -1.97. The van der Waals surface area contributed by atoms with Gasteiger partial charge in [0.25, 0.3) is 0 Å². The molecule has 2 aromatic carbocycles. The first-order chi connectivity index (χ1) is 7.93. The summed E-state index contributed by atoms with van der Waals surface area (Å²) in [5, 5.41) is 0. The second-order valence-corrected chi connectivity index (χ2v) is 4.20. The third-order valence-corrected chi connectivity index (χ3v) is 2.99. The van der Waals surface area contributed by atoms with E-state index in [-0.39, 0.29) is 0 Å². The van der Waals surface area contributed by atoms with Crippen molar-refractivity contribution in [2.24, 2.45) is 0 Å². The summed E-state index contributed by atoms with van der Waals surface area (Å²) in [6.45, 7) is 0. The lowest BCUT2D eigenvalue weighted by atomic mass is 10.0. The molecule has 0 aromatic heterocycles. The smallest absolute Gasteiger partial charge is 0.109 e. The van der Waals surface area contributed by atoms with Gasteiger partial charge in [-0.3, -0.25) is 0 Å². The highest BCUT2D eigenvalue weighted by Gasteiger charge is 2.39. The van der Waals surface area contributed by atoms with E-state index in [1.807, 2.05) is 12.1 Å². The van der Waals surface area contributed by atoms with Crippen LogP contribution in [0, 0.1) is 0 Å². The van der Waals surface area contributed by atoms with Crippen LogP contribution in [0.15, 0.2) is 60.7 Å². The molecule has 0 spiro atoms. The fraction of sp³-hybridized carbons (Fsp3) is 0.200. The summed E-state index contributed by atoms with van der Waals surface area (Å²) >= 11 is 0. The van der Waals surface area contributed by atoms with Gasteiger partial charge >= 0.3 is 0 Å². The molecule has 1 heterocycles. The second kappa shape index (κ2) is 4.11. The van der Waals surface area contributed by atoms with E-state index in [2.05, 4.69) is 48.5 Å². The molecule has 80 valence electrons. The Morgan fingerprint density at radius 1 is 0.812 bits per heavy atom. The average Bonchev–Trinajstić information content (AvgIpc) is 3.11. The number of benzene rings is 2. The molecule has 2 unspecified atom stereocenters. The normalized spacial score (nSPS) is 23.0. The molecule has 0 N–H and O–H groups in total. The fourth-order valence-electron chi connectivity index (χ4n) is 2.08. The van der Waals surface area contributed by atoms with Crippen molar-refractivity contribution in [2.75, 3.05) is 0 Å². The highest BCUT2D eigenvalue weighted by atomic mass is 16.6. The lowest BCUT2D eigenvalue weighted by molar-refractivity contribution is 0.373. The molecule has 3 rings (SSSR count). The maximum atomic E-state index is 5.71. The molecule has 2 aromatic rings. The first-order valence-electron chi connectivity index (χ1n) is 5.68. The van der Waals surface area contributed by atoms with Crippen LogP contribution in [0.4, 0.5) is 0 Å². The van der Waals surface area contributed by atoms with Crippen LogP contribution in [0.25, 0.3) is 0 Å². The lowest BCUT2D eigenvalue weighted by Crippen LogP contribution is -1.94. The van der Waals surface area contributed by atoms with E-state index >= 15 is 0 Å². The predicted octanol–water partition coefficient (Wildman–Crippen LogP) is 3.37. The minimum absolute atomic E-state index is 0.307. The van der Waals surface area contributed by atoms with E-state index in [4.69, 9.17) is 4.74 Å². The van der Waals surface area contributed by atoms with E-state index in [9.17, 15) is 0 Å². The zero-order chi connectivity index (χ0) is 10.8. The van der Waals surface area contributed by atoms with Crippen LogP contribution >= 0.6 is 0 Å². The molecule has 1 heteroatoms. The Hall–Kier alpha value is -1.60. The van der Waals surface area contributed by atoms with Crippen LogP contribution in [0.3, 0.4) is 0 Å². The van der Waals surface area contributed by atoms with Crippen LogP contribution in [-0.4, -0.2) is 6.10 Å². The Morgan fingerprint density at radius 2 is 1.44 bits per heavy atom. The molecule has 0 radical (unpaired) electrons. The summed E-state index contributed by atoms with van der Waals surface area (Å²) in [5.74, 6) is 0. The molecule has 1 saturated heterocycles. The molecular formula is C15H14O. The molecule has 0 saturated carbocycles. The van der Waals surface area contributed by atoms with Crippen molar-refractivity contribution in [2.45, 2.75) is 18.6 Å². The molecule has 1 aliphatic rings. The molecule has 0 aliphatic carbocycles. The van der Waals surface area contributed by atoms with Crippen molar-refractivity contribution >= 4 is 0 Å². The van der Waals surface area contributed by atoms with Gasteiger partial charge in [0.15, 0.2) is 0 Å². The highest BCUT2D eigenvalue weighted by Crippen LogP contribution is 2.40. The second-order valence-electron chi connectivity index (χ2n) is 4.20. The highest BCUT2D eigenvalue weighted by molar-refractivity contribution is 5.25. The van der Waals surface area contributed by atoms with Crippen LogP contribution in [-0.2, 0) is 11.2 Å². The largest absolute Gasteiger partial charge is 0.364 e. The maximum absolute atomic E-state index is 5.71. The van der Waals surface area contributed by atoms with Gasteiger partial charge in [0.2, 0.25) is 0 Å². The average molecular weight is 210 g/mol. The van der Waals surface area contributed by atoms with Gasteiger partial charge in [0, 0.05) is 6.42 Å². The third kappa shape index (κ3) is 2.00. The summed E-state index contributed by atoms with van der Waals surface area (Å²) < 4.78 is 5.71. The summed E-state index contributed by atoms with van der Waals surface area (Å²) in [5.41, 5.74) is 2.65. The van der Waals surface area contributed by atoms with Crippen LogP contribution in [0.2, 0.25) is 0 Å². The van der Waals surface area contributed by atoms with Crippen LogP contribution < -0.4 is 0 Å². The zero-order valence-corrected chi connectivity index (χ0v) is 9.04. The van der Waals surface area contributed by atoms with Gasteiger partial charge < -0.3 is 4.74 Å². The minimum Gasteiger partial charge on any atom is -0.364 e. The first-order valence-corrected chi connectivity index (χ1v) is 5.68. The van der Waals surface area contributed by atoms with Crippen molar-refractivity contribution in [1.29, 1.82) is 0 Å². The Labute approximate surface area is 95.7 Å². The number of rotatable bonds is 3. The maximum Gasteiger partial charge on any atom is 0.109 e. The molecular weight excluding hydrogens is 196 g/mol. The van der Waals surface area contributed by atoms with Gasteiger partial charge in [-0.2, -0.15) is 0 Å². The van der Waals surface area contributed by atoms with Crippen molar-refractivity contribution in [3.8, 4) is 0 Å². The van der Waals surface area contributed by atoms with Gasteiger partial charge in [-0.05, 0) is 11.1 Å². The number of epoxide rings is 1. The number of ether oxygens (including phenoxy) is 1. The van der Waals surface area contributed by atoms with Gasteiger partial charge in [0.1, 0.15) is 6.10 Å². The summed E-state index contributed by atoms with van der Waals surface area (Å²) in [7, 11) is 0. The van der Waals surface area contributed by atoms with Crippen molar-refractivity contribution < 1.29 is 4.74 Å². The molecule has 0 bridgehead atoms. The SMILES string of the molecule is c1ccc(CC2OC2c2ccccc2)cc1. The van der Waals surface area contributed by atoms with Crippen molar-refractivity contribution in [3.05, 3.63) is 71.8 Å². The molecule has 16 heavy (non-hydrogen) atoms. The monoisotopic (exact) mass is 210 g/mol. The summed E-state index contributed by atoms with van der Waals surface area (Å²) in [4.78, 5) is 0. The van der Waals surface area contributed by atoms with Crippen molar-refractivity contribution in [3.63, 3.8) is 0 Å². The van der Waals surface area contributed by atoms with E-state index in [0.29, 0.717) is 12.2 Å². The Bertz CT molecular complexity index is 449. The molecule has 1 fully saturated rings. The van der Waals surface area contributed by atoms with E-state index in [1.165, 1.54) is 11.1 Å². The molecule has 1 nitrogen and oxygen atoms in total. The van der Waals surface area contributed by atoms with Gasteiger partial charge in [-0.15, -0.1) is 0 Å². The van der Waals surface area contributed by atoms with Crippen LogP contribution in [0.1, 0.15) is 17.2 Å². The van der Waals surface area contributed by atoms with Gasteiger partial charge in [0.05, 0.1) is 6.10 Å². The Morgan fingerprint density at radius 3 is 2.12 bits per heavy atom. The third-order valence-electron chi connectivity index (χ3n) is 2.99. The fourth-order valence-corrected chi connectivity index (χ4v) is 2.08. The summed E-state index contributed by atoms with van der Waals surface area (Å²) in [6, 6.07) is 21.0. The quantitative estimate of drug-likeness (QED) is 0.707. The zero-order valence-electron chi connectivity index (χ0n) is 9.04.